The zero-order chi connectivity index (χ0) is 8.85. The largest absolute Gasteiger partial charge is 0.251 e. The van der Waals surface area contributed by atoms with Gasteiger partial charge in [-0.15, -0.1) is 0 Å². The van der Waals surface area contributed by atoms with E-state index in [4.69, 9.17) is 4.84 Å². The molecule has 0 fully saturated rings. The van der Waals surface area contributed by atoms with E-state index >= 15 is 0 Å². The van der Waals surface area contributed by atoms with E-state index in [9.17, 15) is 0 Å². The maximum atomic E-state index is 5.07. The standard InChI is InChI=1S/C6H12N2O.C2H6/c1-4(2)6-7-5(3)8-9-6;1-2/h4,6H,1-3H3,(H,7,8);1-2H3. The molecule has 66 valence electrons. The van der Waals surface area contributed by atoms with E-state index in [1.54, 1.807) is 0 Å². The molecule has 1 heterocycles. The summed E-state index contributed by atoms with van der Waals surface area (Å²) in [5.41, 5.74) is 2.70. The summed E-state index contributed by atoms with van der Waals surface area (Å²) in [7, 11) is 0. The van der Waals surface area contributed by atoms with Crippen LogP contribution in [0.3, 0.4) is 0 Å². The number of nitrogens with zero attached hydrogens (tertiary/aromatic N) is 1. The van der Waals surface area contributed by atoms with Crippen LogP contribution in [0.1, 0.15) is 34.6 Å². The first-order valence-electron chi connectivity index (χ1n) is 4.16. The van der Waals surface area contributed by atoms with Crippen molar-refractivity contribution in [2.24, 2.45) is 10.9 Å². The Hall–Kier alpha value is -0.570. The minimum atomic E-state index is 0.0185. The van der Waals surface area contributed by atoms with E-state index in [0.29, 0.717) is 5.92 Å². The molecule has 0 radical (unpaired) electrons. The van der Waals surface area contributed by atoms with Gasteiger partial charge in [-0.2, -0.15) is 0 Å². The van der Waals surface area contributed by atoms with Gasteiger partial charge in [-0.1, -0.05) is 27.7 Å². The topological polar surface area (TPSA) is 33.6 Å². The molecule has 1 N–H and O–H groups in total. The Morgan fingerprint density at radius 2 is 2.00 bits per heavy atom. The van der Waals surface area contributed by atoms with E-state index in [2.05, 4.69) is 24.3 Å². The van der Waals surface area contributed by atoms with Gasteiger partial charge in [0.05, 0.1) is 0 Å². The molecule has 0 saturated carbocycles. The van der Waals surface area contributed by atoms with Crippen molar-refractivity contribution in [1.29, 1.82) is 0 Å². The lowest BCUT2D eigenvalue weighted by molar-refractivity contribution is 0.0105. The van der Waals surface area contributed by atoms with E-state index in [1.807, 2.05) is 20.8 Å². The number of nitrogens with one attached hydrogen (secondary N) is 1. The summed E-state index contributed by atoms with van der Waals surface area (Å²) in [5, 5.41) is 0. The number of hydrogen-bond acceptors (Lipinski definition) is 3. The third-order valence-corrected chi connectivity index (χ3v) is 1.22. The smallest absolute Gasteiger partial charge is 0.179 e. The molecule has 0 aromatic carbocycles. The number of aliphatic imine (C=N–C) groups is 1. The summed E-state index contributed by atoms with van der Waals surface area (Å²) in [4.78, 5) is 9.24. The average molecular weight is 158 g/mol. The molecular formula is C8H18N2O. The maximum Gasteiger partial charge on any atom is 0.179 e. The van der Waals surface area contributed by atoms with Crippen molar-refractivity contribution in [2.45, 2.75) is 40.8 Å². The summed E-state index contributed by atoms with van der Waals surface area (Å²) >= 11 is 0. The molecule has 11 heavy (non-hydrogen) atoms. The highest BCUT2D eigenvalue weighted by Crippen LogP contribution is 2.10. The highest BCUT2D eigenvalue weighted by Gasteiger charge is 2.17. The minimum Gasteiger partial charge on any atom is -0.251 e. The van der Waals surface area contributed by atoms with Gasteiger partial charge in [0.25, 0.3) is 0 Å². The summed E-state index contributed by atoms with van der Waals surface area (Å²) in [6.07, 6.45) is 0.0185. The number of hydrogen-bond donors (Lipinski definition) is 1. The van der Waals surface area contributed by atoms with Crippen LogP contribution in [0.5, 0.6) is 0 Å². The third-order valence-electron chi connectivity index (χ3n) is 1.22. The first-order chi connectivity index (χ1) is 5.20. The Kier molecular flexibility index (Phi) is 4.86. The van der Waals surface area contributed by atoms with E-state index in [0.717, 1.165) is 5.84 Å². The van der Waals surface area contributed by atoms with Crippen molar-refractivity contribution in [1.82, 2.24) is 5.48 Å². The van der Waals surface area contributed by atoms with Gasteiger partial charge in [0.1, 0.15) is 5.84 Å². The molecule has 1 aliphatic rings. The second-order valence-electron chi connectivity index (χ2n) is 2.57. The molecule has 1 atom stereocenters. The van der Waals surface area contributed by atoms with Crippen molar-refractivity contribution >= 4 is 5.84 Å². The lowest BCUT2D eigenvalue weighted by Gasteiger charge is -2.07. The average Bonchev–Trinajstić information content (AvgIpc) is 2.40. The first-order valence-corrected chi connectivity index (χ1v) is 4.16. The van der Waals surface area contributed by atoms with Gasteiger partial charge in [-0.3, -0.25) is 5.48 Å². The van der Waals surface area contributed by atoms with Crippen LogP contribution >= 0.6 is 0 Å². The van der Waals surface area contributed by atoms with Crippen molar-refractivity contribution in [2.75, 3.05) is 0 Å². The molecule has 0 aromatic heterocycles. The molecule has 3 nitrogen and oxygen atoms in total. The van der Waals surface area contributed by atoms with E-state index in [-0.39, 0.29) is 6.23 Å². The van der Waals surface area contributed by atoms with Crippen molar-refractivity contribution in [3.8, 4) is 0 Å². The summed E-state index contributed by atoms with van der Waals surface area (Å²) in [6, 6.07) is 0. The van der Waals surface area contributed by atoms with Crippen molar-refractivity contribution in [3.05, 3.63) is 0 Å². The zero-order valence-electron chi connectivity index (χ0n) is 8.01. The van der Waals surface area contributed by atoms with Gasteiger partial charge in [0, 0.05) is 5.92 Å². The van der Waals surface area contributed by atoms with Gasteiger partial charge in [-0.05, 0) is 6.92 Å². The van der Waals surface area contributed by atoms with Crippen LogP contribution in [0.4, 0.5) is 0 Å². The Labute approximate surface area is 68.8 Å². The highest BCUT2D eigenvalue weighted by molar-refractivity contribution is 5.79. The molecule has 0 aromatic rings. The second-order valence-corrected chi connectivity index (χ2v) is 2.57. The molecule has 1 unspecified atom stereocenters. The van der Waals surface area contributed by atoms with Crippen molar-refractivity contribution in [3.63, 3.8) is 0 Å². The Morgan fingerprint density at radius 1 is 1.45 bits per heavy atom. The molecule has 0 saturated heterocycles. The van der Waals surface area contributed by atoms with Crippen LogP contribution in [0.25, 0.3) is 0 Å². The summed E-state index contributed by atoms with van der Waals surface area (Å²) < 4.78 is 0. The van der Waals surface area contributed by atoms with Gasteiger partial charge < -0.3 is 0 Å². The Morgan fingerprint density at radius 3 is 2.18 bits per heavy atom. The van der Waals surface area contributed by atoms with Crippen LogP contribution in [0.15, 0.2) is 4.99 Å². The first kappa shape index (κ1) is 10.4. The summed E-state index contributed by atoms with van der Waals surface area (Å²) in [5.74, 6) is 1.32. The molecule has 0 aliphatic carbocycles. The van der Waals surface area contributed by atoms with Gasteiger partial charge in [0.2, 0.25) is 0 Å². The van der Waals surface area contributed by atoms with Crippen LogP contribution in [-0.4, -0.2) is 12.1 Å². The number of amidine groups is 1. The summed E-state index contributed by atoms with van der Waals surface area (Å²) in [6.45, 7) is 10.0. The highest BCUT2D eigenvalue weighted by atomic mass is 16.7. The molecule has 1 rings (SSSR count). The Bertz CT molecular complexity index is 132. The van der Waals surface area contributed by atoms with E-state index < -0.39 is 0 Å². The molecule has 1 aliphatic heterocycles. The lowest BCUT2D eigenvalue weighted by atomic mass is 10.2. The van der Waals surface area contributed by atoms with Crippen LogP contribution in [0.2, 0.25) is 0 Å². The monoisotopic (exact) mass is 158 g/mol. The van der Waals surface area contributed by atoms with Gasteiger partial charge in [0.15, 0.2) is 6.23 Å². The minimum absolute atomic E-state index is 0.0185. The van der Waals surface area contributed by atoms with Gasteiger partial charge >= 0.3 is 0 Å². The number of hydroxylamine groups is 1. The maximum absolute atomic E-state index is 5.07. The normalized spacial score (nSPS) is 22.0. The lowest BCUT2D eigenvalue weighted by Crippen LogP contribution is -2.18. The molecule has 0 spiro atoms. The van der Waals surface area contributed by atoms with Crippen LogP contribution in [0, 0.1) is 5.92 Å². The molecule has 3 heteroatoms. The molecule has 0 amide bonds. The SMILES string of the molecule is CC.CC1=NC(C(C)C)ON1. The van der Waals surface area contributed by atoms with Crippen LogP contribution < -0.4 is 5.48 Å². The predicted octanol–water partition coefficient (Wildman–Crippen LogP) is 1.95. The second kappa shape index (κ2) is 5.13. The Balaban J connectivity index is 0.000000461. The fourth-order valence-electron chi connectivity index (χ4n) is 0.674. The predicted molar refractivity (Wildman–Crippen MR) is 47.3 cm³/mol. The fourth-order valence-corrected chi connectivity index (χ4v) is 0.674. The fraction of sp³-hybridized carbons (Fsp3) is 0.875. The third kappa shape index (κ3) is 3.37. The van der Waals surface area contributed by atoms with Gasteiger partial charge in [-0.25, -0.2) is 9.83 Å². The van der Waals surface area contributed by atoms with Crippen molar-refractivity contribution < 1.29 is 4.84 Å². The van der Waals surface area contributed by atoms with Crippen LogP contribution in [-0.2, 0) is 4.84 Å². The zero-order valence-corrected chi connectivity index (χ0v) is 8.01. The molecular weight excluding hydrogens is 140 g/mol. The van der Waals surface area contributed by atoms with E-state index in [1.165, 1.54) is 0 Å². The number of rotatable bonds is 1. The quantitative estimate of drug-likeness (QED) is 0.632. The molecule has 0 bridgehead atoms.